The van der Waals surface area contributed by atoms with E-state index in [1.165, 1.54) is 6.42 Å². The summed E-state index contributed by atoms with van der Waals surface area (Å²) in [5.74, 6) is 0.910. The summed E-state index contributed by atoms with van der Waals surface area (Å²) in [4.78, 5) is 0. The molecule has 0 saturated heterocycles. The fraction of sp³-hybridized carbons (Fsp3) is 0.625. The number of aliphatic hydroxyl groups is 1. The van der Waals surface area contributed by atoms with Crippen molar-refractivity contribution in [3.63, 3.8) is 0 Å². The first-order valence-corrected chi connectivity index (χ1v) is 7.24. The molecule has 1 saturated carbocycles. The van der Waals surface area contributed by atoms with Gasteiger partial charge in [0.1, 0.15) is 5.75 Å². The third-order valence-corrected chi connectivity index (χ3v) is 4.21. The van der Waals surface area contributed by atoms with Gasteiger partial charge in [-0.25, -0.2) is 0 Å². The smallest absolute Gasteiger partial charge is 0.120 e. The zero-order valence-electron chi connectivity index (χ0n) is 11.9. The van der Waals surface area contributed by atoms with E-state index >= 15 is 0 Å². The van der Waals surface area contributed by atoms with Crippen molar-refractivity contribution in [2.24, 2.45) is 5.92 Å². The zero-order chi connectivity index (χ0) is 13.9. The molecule has 1 aliphatic rings. The van der Waals surface area contributed by atoms with Gasteiger partial charge in [0.05, 0.1) is 5.60 Å². The Balaban J connectivity index is 1.93. The Labute approximate surface area is 115 Å². The Morgan fingerprint density at radius 1 is 1.42 bits per heavy atom. The molecule has 19 heavy (non-hydrogen) atoms. The van der Waals surface area contributed by atoms with Crippen LogP contribution in [0.3, 0.4) is 0 Å². The molecule has 0 aromatic heterocycles. The van der Waals surface area contributed by atoms with Gasteiger partial charge in [-0.2, -0.15) is 0 Å². The summed E-state index contributed by atoms with van der Waals surface area (Å²) < 4.78 is 0. The molecule has 0 amide bonds. The number of hydrogen-bond donors (Lipinski definition) is 3. The molecule has 1 aromatic carbocycles. The normalized spacial score (nSPS) is 29.1. The summed E-state index contributed by atoms with van der Waals surface area (Å²) in [6.07, 6.45) is 4.06. The van der Waals surface area contributed by atoms with Crippen molar-refractivity contribution < 1.29 is 10.2 Å². The second-order valence-electron chi connectivity index (χ2n) is 6.09. The maximum absolute atomic E-state index is 10.6. The van der Waals surface area contributed by atoms with Gasteiger partial charge in [0.2, 0.25) is 0 Å². The van der Waals surface area contributed by atoms with Crippen LogP contribution in [0.5, 0.6) is 5.75 Å². The van der Waals surface area contributed by atoms with E-state index in [9.17, 15) is 10.2 Å². The van der Waals surface area contributed by atoms with Gasteiger partial charge in [-0.15, -0.1) is 0 Å². The van der Waals surface area contributed by atoms with Crippen LogP contribution in [0.25, 0.3) is 0 Å². The summed E-state index contributed by atoms with van der Waals surface area (Å²) in [7, 11) is 0. The molecule has 0 aliphatic heterocycles. The van der Waals surface area contributed by atoms with Crippen LogP contribution in [-0.4, -0.2) is 22.4 Å². The second kappa shape index (κ2) is 5.93. The van der Waals surface area contributed by atoms with E-state index in [-0.39, 0.29) is 6.04 Å². The van der Waals surface area contributed by atoms with Gasteiger partial charge < -0.3 is 15.5 Å². The highest BCUT2D eigenvalue weighted by Gasteiger charge is 2.32. The highest BCUT2D eigenvalue weighted by atomic mass is 16.3. The first-order valence-electron chi connectivity index (χ1n) is 7.24. The molecule has 0 bridgehead atoms. The average Bonchev–Trinajstić information content (AvgIpc) is 2.36. The SMILES string of the molecule is CC1CCCC(O)(CNC(C)c2ccccc2O)C1. The predicted molar refractivity (Wildman–Crippen MR) is 77.1 cm³/mol. The molecule has 3 unspecified atom stereocenters. The largest absolute Gasteiger partial charge is 0.508 e. The minimum Gasteiger partial charge on any atom is -0.508 e. The molecule has 3 nitrogen and oxygen atoms in total. The lowest BCUT2D eigenvalue weighted by molar-refractivity contribution is -0.0134. The van der Waals surface area contributed by atoms with Gasteiger partial charge in [0.15, 0.2) is 0 Å². The monoisotopic (exact) mass is 263 g/mol. The summed E-state index contributed by atoms with van der Waals surface area (Å²) in [6.45, 7) is 4.81. The molecule has 3 N–H and O–H groups in total. The summed E-state index contributed by atoms with van der Waals surface area (Å²) in [5, 5.41) is 23.8. The van der Waals surface area contributed by atoms with E-state index in [1.807, 2.05) is 25.1 Å². The Bertz CT molecular complexity index is 421. The average molecular weight is 263 g/mol. The third kappa shape index (κ3) is 3.71. The number of para-hydroxylation sites is 1. The fourth-order valence-electron chi connectivity index (χ4n) is 3.10. The number of benzene rings is 1. The molecule has 106 valence electrons. The van der Waals surface area contributed by atoms with E-state index in [0.717, 1.165) is 24.8 Å². The molecular weight excluding hydrogens is 238 g/mol. The van der Waals surface area contributed by atoms with Crippen molar-refractivity contribution in [3.8, 4) is 5.75 Å². The van der Waals surface area contributed by atoms with Gasteiger partial charge in [-0.3, -0.25) is 0 Å². The van der Waals surface area contributed by atoms with Crippen molar-refractivity contribution in [2.75, 3.05) is 6.54 Å². The predicted octanol–water partition coefficient (Wildman–Crippen LogP) is 2.98. The lowest BCUT2D eigenvalue weighted by Crippen LogP contribution is -2.44. The zero-order valence-corrected chi connectivity index (χ0v) is 11.9. The lowest BCUT2D eigenvalue weighted by atomic mass is 9.79. The minimum atomic E-state index is -0.587. The van der Waals surface area contributed by atoms with Crippen LogP contribution in [-0.2, 0) is 0 Å². The number of phenols is 1. The summed E-state index contributed by atoms with van der Waals surface area (Å²) >= 11 is 0. The van der Waals surface area contributed by atoms with E-state index in [0.29, 0.717) is 18.2 Å². The van der Waals surface area contributed by atoms with Crippen LogP contribution in [0.1, 0.15) is 51.1 Å². The topological polar surface area (TPSA) is 52.5 Å². The van der Waals surface area contributed by atoms with E-state index in [4.69, 9.17) is 0 Å². The van der Waals surface area contributed by atoms with E-state index < -0.39 is 5.60 Å². The van der Waals surface area contributed by atoms with Gasteiger partial charge in [-0.1, -0.05) is 38.0 Å². The van der Waals surface area contributed by atoms with Crippen molar-refractivity contribution >= 4 is 0 Å². The van der Waals surface area contributed by atoms with Gasteiger partial charge in [0.25, 0.3) is 0 Å². The maximum atomic E-state index is 10.6. The molecule has 2 rings (SSSR count). The van der Waals surface area contributed by atoms with Crippen LogP contribution < -0.4 is 5.32 Å². The standard InChI is InChI=1S/C16H25NO2/c1-12-6-5-9-16(19,10-12)11-17-13(2)14-7-3-4-8-15(14)18/h3-4,7-8,12-13,17-19H,5-6,9-11H2,1-2H3. The quantitative estimate of drug-likeness (QED) is 0.782. The second-order valence-corrected chi connectivity index (χ2v) is 6.09. The lowest BCUT2D eigenvalue weighted by Gasteiger charge is -2.36. The number of rotatable bonds is 4. The molecule has 3 heteroatoms. The van der Waals surface area contributed by atoms with Crippen LogP contribution in [0.4, 0.5) is 0 Å². The molecule has 0 heterocycles. The van der Waals surface area contributed by atoms with Crippen LogP contribution in [0.15, 0.2) is 24.3 Å². The van der Waals surface area contributed by atoms with E-state index in [1.54, 1.807) is 6.07 Å². The molecule has 1 aliphatic carbocycles. The van der Waals surface area contributed by atoms with Crippen LogP contribution >= 0.6 is 0 Å². The Morgan fingerprint density at radius 2 is 2.16 bits per heavy atom. The van der Waals surface area contributed by atoms with Crippen molar-refractivity contribution in [1.29, 1.82) is 0 Å². The van der Waals surface area contributed by atoms with Crippen molar-refractivity contribution in [2.45, 2.75) is 51.2 Å². The fourth-order valence-corrected chi connectivity index (χ4v) is 3.10. The minimum absolute atomic E-state index is 0.0439. The Kier molecular flexibility index (Phi) is 4.48. The first kappa shape index (κ1) is 14.4. The van der Waals surface area contributed by atoms with Crippen molar-refractivity contribution in [3.05, 3.63) is 29.8 Å². The number of nitrogens with one attached hydrogen (secondary N) is 1. The number of phenolic OH excluding ortho intramolecular Hbond substituents is 1. The Hall–Kier alpha value is -1.06. The van der Waals surface area contributed by atoms with E-state index in [2.05, 4.69) is 12.2 Å². The van der Waals surface area contributed by atoms with Gasteiger partial charge in [-0.05, 0) is 31.7 Å². The molecular formula is C16H25NO2. The van der Waals surface area contributed by atoms with Gasteiger partial charge in [0, 0.05) is 18.2 Å². The highest BCUT2D eigenvalue weighted by Crippen LogP contribution is 2.32. The summed E-state index contributed by atoms with van der Waals surface area (Å²) in [6, 6.07) is 7.40. The summed E-state index contributed by atoms with van der Waals surface area (Å²) in [5.41, 5.74) is 0.297. The molecule has 1 aromatic rings. The molecule has 3 atom stereocenters. The molecule has 0 radical (unpaired) electrons. The van der Waals surface area contributed by atoms with Crippen LogP contribution in [0, 0.1) is 5.92 Å². The van der Waals surface area contributed by atoms with Gasteiger partial charge >= 0.3 is 0 Å². The first-order chi connectivity index (χ1) is 9.00. The number of aromatic hydroxyl groups is 1. The molecule has 0 spiro atoms. The number of hydrogen-bond acceptors (Lipinski definition) is 3. The molecule has 1 fully saturated rings. The maximum Gasteiger partial charge on any atom is 0.120 e. The highest BCUT2D eigenvalue weighted by molar-refractivity contribution is 5.34. The van der Waals surface area contributed by atoms with Crippen molar-refractivity contribution in [1.82, 2.24) is 5.32 Å². The van der Waals surface area contributed by atoms with Crippen LogP contribution in [0.2, 0.25) is 0 Å². The Morgan fingerprint density at radius 3 is 2.84 bits per heavy atom. The third-order valence-electron chi connectivity index (χ3n) is 4.21.